The zero-order valence-electron chi connectivity index (χ0n) is 17.8. The minimum atomic E-state index is -0.541. The van der Waals surface area contributed by atoms with Gasteiger partial charge in [0.15, 0.2) is 23.9 Å². The van der Waals surface area contributed by atoms with Crippen molar-refractivity contribution in [3.8, 4) is 17.2 Å². The lowest BCUT2D eigenvalue weighted by Gasteiger charge is -2.24. The maximum Gasteiger partial charge on any atom is 0.310 e. The summed E-state index contributed by atoms with van der Waals surface area (Å²) >= 11 is 0. The van der Waals surface area contributed by atoms with Crippen molar-refractivity contribution in [3.05, 3.63) is 94.6 Å². The summed E-state index contributed by atoms with van der Waals surface area (Å²) in [4.78, 5) is 25.4. The summed E-state index contributed by atoms with van der Waals surface area (Å²) in [5.74, 6) is 0.858. The number of hydrogen-bond donors (Lipinski definition) is 0. The summed E-state index contributed by atoms with van der Waals surface area (Å²) in [7, 11) is 0. The van der Waals surface area contributed by atoms with Gasteiger partial charge in [0.2, 0.25) is 0 Å². The Labute approximate surface area is 190 Å². The monoisotopic (exact) mass is 446 g/mol. The average Bonchev–Trinajstić information content (AvgIpc) is 2.85. The van der Waals surface area contributed by atoms with Crippen LogP contribution >= 0.6 is 0 Å². The molecule has 0 atom stereocenters. The molecule has 168 valence electrons. The van der Waals surface area contributed by atoms with Gasteiger partial charge in [-0.2, -0.15) is 0 Å². The van der Waals surface area contributed by atoms with Gasteiger partial charge in [-0.3, -0.25) is 14.9 Å². The molecule has 33 heavy (non-hydrogen) atoms. The highest BCUT2D eigenvalue weighted by molar-refractivity contribution is 5.95. The zero-order valence-corrected chi connectivity index (χ0v) is 17.8. The fraction of sp³-hybridized carbons (Fsp3) is 0.160. The second kappa shape index (κ2) is 10.3. The van der Waals surface area contributed by atoms with Gasteiger partial charge in [0.1, 0.15) is 13.2 Å². The molecule has 0 radical (unpaired) electrons. The third-order valence-electron chi connectivity index (χ3n) is 4.95. The van der Waals surface area contributed by atoms with Crippen LogP contribution in [0.4, 0.5) is 11.4 Å². The molecule has 3 aromatic carbocycles. The summed E-state index contributed by atoms with van der Waals surface area (Å²) in [6.07, 6.45) is 3.79. The number of fused-ring (bicyclic) bond motifs is 1. The molecule has 0 fully saturated rings. The lowest BCUT2D eigenvalue weighted by Crippen LogP contribution is -2.35. The van der Waals surface area contributed by atoms with Gasteiger partial charge >= 0.3 is 5.69 Å². The van der Waals surface area contributed by atoms with E-state index in [1.807, 2.05) is 42.5 Å². The van der Waals surface area contributed by atoms with Crippen molar-refractivity contribution < 1.29 is 23.9 Å². The predicted octanol–water partition coefficient (Wildman–Crippen LogP) is 4.49. The number of nitrogens with zero attached hydrogens (tertiary/aromatic N) is 2. The lowest BCUT2D eigenvalue weighted by molar-refractivity contribution is -0.385. The molecule has 1 heterocycles. The third kappa shape index (κ3) is 5.48. The van der Waals surface area contributed by atoms with E-state index < -0.39 is 4.92 Å². The van der Waals surface area contributed by atoms with E-state index in [0.717, 1.165) is 5.56 Å². The number of anilines is 1. The van der Waals surface area contributed by atoms with Crippen molar-refractivity contribution in [2.75, 3.05) is 31.3 Å². The highest BCUT2D eigenvalue weighted by atomic mass is 16.6. The Bertz CT molecular complexity index is 1160. The lowest BCUT2D eigenvalue weighted by atomic mass is 10.2. The number of hydrogen-bond acceptors (Lipinski definition) is 6. The molecule has 8 heteroatoms. The molecule has 4 rings (SSSR count). The number of amides is 1. The Morgan fingerprint density at radius 3 is 2.52 bits per heavy atom. The Hall–Kier alpha value is -4.33. The first-order chi connectivity index (χ1) is 16.1. The van der Waals surface area contributed by atoms with E-state index in [1.165, 1.54) is 17.0 Å². The van der Waals surface area contributed by atoms with Gasteiger partial charge < -0.3 is 19.1 Å². The Morgan fingerprint density at radius 2 is 1.73 bits per heavy atom. The zero-order chi connectivity index (χ0) is 23.0. The summed E-state index contributed by atoms with van der Waals surface area (Å²) in [5.41, 5.74) is 1.41. The maximum atomic E-state index is 13.1. The van der Waals surface area contributed by atoms with Crippen LogP contribution in [0.15, 0.2) is 78.9 Å². The number of nitro benzene ring substituents is 1. The van der Waals surface area contributed by atoms with Crippen LogP contribution in [-0.4, -0.2) is 37.2 Å². The molecule has 0 spiro atoms. The van der Waals surface area contributed by atoms with Gasteiger partial charge in [-0.05, 0) is 23.8 Å². The highest BCUT2D eigenvalue weighted by Crippen LogP contribution is 2.34. The van der Waals surface area contributed by atoms with Crippen LogP contribution in [0.5, 0.6) is 17.2 Å². The van der Waals surface area contributed by atoms with E-state index in [-0.39, 0.29) is 30.5 Å². The molecule has 1 aliphatic heterocycles. The SMILES string of the molecule is O=C(COc1ccccc1[N+](=O)[O-])N(C/C=C/c1ccccc1)c1ccc2c(c1)OCCO2. The molecule has 0 aromatic heterocycles. The number of benzene rings is 3. The normalized spacial score (nSPS) is 12.4. The number of carbonyl (C=O) groups is 1. The van der Waals surface area contributed by atoms with Gasteiger partial charge in [0.05, 0.1) is 4.92 Å². The predicted molar refractivity (Wildman–Crippen MR) is 124 cm³/mol. The minimum Gasteiger partial charge on any atom is -0.486 e. The average molecular weight is 446 g/mol. The molecule has 0 bridgehead atoms. The minimum absolute atomic E-state index is 0.0396. The largest absolute Gasteiger partial charge is 0.486 e. The summed E-state index contributed by atoms with van der Waals surface area (Å²) < 4.78 is 16.7. The van der Waals surface area contributed by atoms with E-state index in [2.05, 4.69) is 0 Å². The molecule has 0 unspecified atom stereocenters. The van der Waals surface area contributed by atoms with Crippen LogP contribution in [0.25, 0.3) is 6.08 Å². The summed E-state index contributed by atoms with van der Waals surface area (Å²) in [6, 6.07) is 21.0. The summed E-state index contributed by atoms with van der Waals surface area (Å²) in [6.45, 7) is 0.809. The van der Waals surface area contributed by atoms with Gasteiger partial charge in [0.25, 0.3) is 5.91 Å². The van der Waals surface area contributed by atoms with Crippen molar-refractivity contribution in [1.82, 2.24) is 0 Å². The number of rotatable bonds is 8. The van der Waals surface area contributed by atoms with Crippen LogP contribution in [0.2, 0.25) is 0 Å². The van der Waals surface area contributed by atoms with Crippen molar-refractivity contribution in [2.24, 2.45) is 0 Å². The molecule has 0 saturated carbocycles. The van der Waals surface area contributed by atoms with Crippen molar-refractivity contribution >= 4 is 23.4 Å². The second-order valence-corrected chi connectivity index (χ2v) is 7.16. The fourth-order valence-electron chi connectivity index (χ4n) is 3.36. The molecule has 0 N–H and O–H groups in total. The van der Waals surface area contributed by atoms with Gasteiger partial charge in [-0.25, -0.2) is 0 Å². The number of carbonyl (C=O) groups excluding carboxylic acids is 1. The van der Waals surface area contributed by atoms with Gasteiger partial charge in [0, 0.05) is 24.4 Å². The van der Waals surface area contributed by atoms with Crippen molar-refractivity contribution in [3.63, 3.8) is 0 Å². The van der Waals surface area contributed by atoms with E-state index in [9.17, 15) is 14.9 Å². The molecule has 0 saturated heterocycles. The first-order valence-corrected chi connectivity index (χ1v) is 10.4. The molecule has 8 nitrogen and oxygen atoms in total. The first-order valence-electron chi connectivity index (χ1n) is 10.4. The Kier molecular flexibility index (Phi) is 6.84. The van der Waals surface area contributed by atoms with E-state index >= 15 is 0 Å². The topological polar surface area (TPSA) is 91.1 Å². The van der Waals surface area contributed by atoms with Gasteiger partial charge in [-0.15, -0.1) is 0 Å². The van der Waals surface area contributed by atoms with E-state index in [0.29, 0.717) is 30.4 Å². The maximum absolute atomic E-state index is 13.1. The molecule has 1 aliphatic rings. The molecule has 1 amide bonds. The van der Waals surface area contributed by atoms with Crippen LogP contribution in [0, 0.1) is 10.1 Å². The van der Waals surface area contributed by atoms with E-state index in [1.54, 1.807) is 30.3 Å². The van der Waals surface area contributed by atoms with Crippen molar-refractivity contribution in [1.29, 1.82) is 0 Å². The fourth-order valence-corrected chi connectivity index (χ4v) is 3.36. The number of nitro groups is 1. The Balaban J connectivity index is 1.54. The van der Waals surface area contributed by atoms with Crippen LogP contribution in [0.1, 0.15) is 5.56 Å². The van der Waals surface area contributed by atoms with Crippen LogP contribution < -0.4 is 19.1 Å². The van der Waals surface area contributed by atoms with Crippen LogP contribution in [-0.2, 0) is 4.79 Å². The smallest absolute Gasteiger partial charge is 0.310 e. The first kappa shape index (κ1) is 21.9. The third-order valence-corrected chi connectivity index (χ3v) is 4.95. The molecule has 3 aromatic rings. The molecular formula is C25H22N2O6. The number of para-hydroxylation sites is 2. The molecule has 0 aliphatic carbocycles. The quantitative estimate of drug-likeness (QED) is 0.374. The van der Waals surface area contributed by atoms with Gasteiger partial charge in [-0.1, -0.05) is 54.6 Å². The Morgan fingerprint density at radius 1 is 1.00 bits per heavy atom. The number of ether oxygens (including phenoxy) is 3. The highest BCUT2D eigenvalue weighted by Gasteiger charge is 2.21. The standard InChI is InChI=1S/C25H22N2O6/c28-25(18-33-22-11-5-4-10-21(22)27(29)30)26(14-6-9-19-7-2-1-3-8-19)20-12-13-23-24(17-20)32-16-15-31-23/h1-13,17H,14-16,18H2/b9-6+. The molecular weight excluding hydrogens is 424 g/mol. The summed E-state index contributed by atoms with van der Waals surface area (Å²) in [5, 5.41) is 11.2. The van der Waals surface area contributed by atoms with Crippen LogP contribution in [0.3, 0.4) is 0 Å². The van der Waals surface area contributed by atoms with E-state index in [4.69, 9.17) is 14.2 Å². The van der Waals surface area contributed by atoms with Crippen molar-refractivity contribution in [2.45, 2.75) is 0 Å². The second-order valence-electron chi connectivity index (χ2n) is 7.16.